The zero-order valence-corrected chi connectivity index (χ0v) is 15.6. The van der Waals surface area contributed by atoms with Crippen molar-refractivity contribution in [3.05, 3.63) is 42.2 Å². The number of hydrogen-bond acceptors (Lipinski definition) is 4. The van der Waals surface area contributed by atoms with Crippen LogP contribution in [-0.2, 0) is 13.0 Å². The third-order valence-corrected chi connectivity index (χ3v) is 3.66. The molecule has 2 rings (SSSR count). The van der Waals surface area contributed by atoms with Crippen LogP contribution in [0.25, 0.3) is 0 Å². The third kappa shape index (κ3) is 6.34. The Bertz CT molecular complexity index is 685. The van der Waals surface area contributed by atoms with Crippen LogP contribution in [0, 0.1) is 5.82 Å². The number of ether oxygens (including phenoxy) is 1. The number of guanidine groups is 1. The first-order chi connectivity index (χ1) is 12.6. The van der Waals surface area contributed by atoms with Crippen molar-refractivity contribution in [2.24, 2.45) is 4.99 Å². The highest BCUT2D eigenvalue weighted by Gasteiger charge is 2.06. The molecule has 2 aromatic rings. The first-order valence-corrected chi connectivity index (χ1v) is 8.93. The molecule has 142 valence electrons. The van der Waals surface area contributed by atoms with Crippen LogP contribution >= 0.6 is 0 Å². The van der Waals surface area contributed by atoms with E-state index in [1.807, 2.05) is 18.4 Å². The van der Waals surface area contributed by atoms with Gasteiger partial charge in [0.2, 0.25) is 0 Å². The van der Waals surface area contributed by atoms with Crippen molar-refractivity contribution in [2.45, 2.75) is 39.8 Å². The number of aliphatic imine (C=N–C) groups is 1. The molecule has 26 heavy (non-hydrogen) atoms. The molecule has 1 aromatic heterocycles. The van der Waals surface area contributed by atoms with Gasteiger partial charge in [0, 0.05) is 26.1 Å². The molecule has 0 fully saturated rings. The van der Waals surface area contributed by atoms with Gasteiger partial charge in [-0.3, -0.25) is 0 Å². The maximum absolute atomic E-state index is 12.9. The molecule has 8 heteroatoms. The normalized spacial score (nSPS) is 12.7. The van der Waals surface area contributed by atoms with Gasteiger partial charge in [0.15, 0.2) is 5.96 Å². The van der Waals surface area contributed by atoms with Crippen molar-refractivity contribution in [1.82, 2.24) is 25.4 Å². The summed E-state index contributed by atoms with van der Waals surface area (Å²) in [6.45, 7) is 8.74. The minimum Gasteiger partial charge on any atom is -0.489 e. The Morgan fingerprint density at radius 3 is 2.73 bits per heavy atom. The molecule has 0 aliphatic carbocycles. The van der Waals surface area contributed by atoms with Crippen molar-refractivity contribution in [3.8, 4) is 5.75 Å². The smallest absolute Gasteiger partial charge is 0.191 e. The quantitative estimate of drug-likeness (QED) is 0.527. The Morgan fingerprint density at radius 1 is 1.27 bits per heavy atom. The molecule has 0 aliphatic heterocycles. The molecule has 1 unspecified atom stereocenters. The van der Waals surface area contributed by atoms with Gasteiger partial charge in [0.05, 0.1) is 6.54 Å². The van der Waals surface area contributed by atoms with E-state index in [-0.39, 0.29) is 11.9 Å². The van der Waals surface area contributed by atoms with Gasteiger partial charge in [-0.1, -0.05) is 6.92 Å². The van der Waals surface area contributed by atoms with Gasteiger partial charge in [0.25, 0.3) is 0 Å². The second-order valence-corrected chi connectivity index (χ2v) is 5.82. The molecule has 0 aliphatic rings. The van der Waals surface area contributed by atoms with E-state index in [0.717, 1.165) is 31.3 Å². The zero-order valence-electron chi connectivity index (χ0n) is 15.6. The van der Waals surface area contributed by atoms with Crippen LogP contribution in [-0.4, -0.2) is 46.5 Å². The highest BCUT2D eigenvalue weighted by atomic mass is 19.1. The number of nitrogens with one attached hydrogen (secondary N) is 2. The average molecular weight is 362 g/mol. The van der Waals surface area contributed by atoms with Gasteiger partial charge < -0.3 is 19.9 Å². The highest BCUT2D eigenvalue weighted by Crippen LogP contribution is 2.13. The van der Waals surface area contributed by atoms with Crippen LogP contribution in [0.15, 0.2) is 35.6 Å². The molecule has 0 spiro atoms. The third-order valence-electron chi connectivity index (χ3n) is 3.66. The number of aryl methyl sites for hydroxylation is 1. The Labute approximate surface area is 153 Å². The largest absolute Gasteiger partial charge is 0.489 e. The molecule has 1 aromatic carbocycles. The number of nitrogens with zero attached hydrogens (tertiary/aromatic N) is 4. The summed E-state index contributed by atoms with van der Waals surface area (Å²) in [5.74, 6) is 2.05. The zero-order chi connectivity index (χ0) is 18.8. The molecule has 0 bridgehead atoms. The number of halogens is 1. The van der Waals surface area contributed by atoms with Gasteiger partial charge in [-0.2, -0.15) is 0 Å². The predicted octanol–water partition coefficient (Wildman–Crippen LogP) is 2.00. The minimum atomic E-state index is -0.277. The monoisotopic (exact) mass is 362 g/mol. The number of rotatable bonds is 9. The van der Waals surface area contributed by atoms with Crippen molar-refractivity contribution in [1.29, 1.82) is 0 Å². The van der Waals surface area contributed by atoms with Gasteiger partial charge >= 0.3 is 0 Å². The Hall–Kier alpha value is -2.64. The molecule has 0 saturated carbocycles. The Balaban J connectivity index is 1.82. The SMILES string of the molecule is CCNC(=NCC(C)Oc1ccc(F)cc1)NCCn1cnnc1CC. The maximum atomic E-state index is 12.9. The molecule has 2 N–H and O–H groups in total. The summed E-state index contributed by atoms with van der Waals surface area (Å²) < 4.78 is 20.7. The number of benzene rings is 1. The molecule has 0 radical (unpaired) electrons. The first kappa shape index (κ1) is 19.7. The lowest BCUT2D eigenvalue weighted by molar-refractivity contribution is 0.230. The van der Waals surface area contributed by atoms with Crippen LogP contribution in [0.4, 0.5) is 4.39 Å². The fourth-order valence-electron chi connectivity index (χ4n) is 2.38. The summed E-state index contributed by atoms with van der Waals surface area (Å²) in [6, 6.07) is 5.99. The lowest BCUT2D eigenvalue weighted by Gasteiger charge is -2.15. The summed E-state index contributed by atoms with van der Waals surface area (Å²) in [6.07, 6.45) is 2.47. The second-order valence-electron chi connectivity index (χ2n) is 5.82. The Morgan fingerprint density at radius 2 is 2.04 bits per heavy atom. The van der Waals surface area contributed by atoms with Gasteiger partial charge in [-0.05, 0) is 38.1 Å². The minimum absolute atomic E-state index is 0.125. The van der Waals surface area contributed by atoms with Crippen LogP contribution in [0.2, 0.25) is 0 Å². The van der Waals surface area contributed by atoms with Crippen LogP contribution in [0.5, 0.6) is 5.75 Å². The van der Waals surface area contributed by atoms with E-state index in [2.05, 4.69) is 32.7 Å². The summed E-state index contributed by atoms with van der Waals surface area (Å²) in [5, 5.41) is 14.5. The predicted molar refractivity (Wildman–Crippen MR) is 99.9 cm³/mol. The van der Waals surface area contributed by atoms with E-state index in [9.17, 15) is 4.39 Å². The number of aromatic nitrogens is 3. The highest BCUT2D eigenvalue weighted by molar-refractivity contribution is 5.79. The lowest BCUT2D eigenvalue weighted by atomic mass is 10.3. The topological polar surface area (TPSA) is 76.4 Å². The van der Waals surface area contributed by atoms with Crippen molar-refractivity contribution >= 4 is 5.96 Å². The van der Waals surface area contributed by atoms with Gasteiger partial charge in [-0.15, -0.1) is 10.2 Å². The fraction of sp³-hybridized carbons (Fsp3) is 0.500. The summed E-state index contributed by atoms with van der Waals surface area (Å²) in [5.41, 5.74) is 0. The van der Waals surface area contributed by atoms with Crippen molar-refractivity contribution in [3.63, 3.8) is 0 Å². The van der Waals surface area contributed by atoms with E-state index in [1.54, 1.807) is 18.5 Å². The summed E-state index contributed by atoms with van der Waals surface area (Å²) in [7, 11) is 0. The van der Waals surface area contributed by atoms with Crippen LogP contribution in [0.3, 0.4) is 0 Å². The van der Waals surface area contributed by atoms with Crippen molar-refractivity contribution in [2.75, 3.05) is 19.6 Å². The lowest BCUT2D eigenvalue weighted by Crippen LogP contribution is -2.39. The van der Waals surface area contributed by atoms with E-state index >= 15 is 0 Å². The molecule has 0 amide bonds. The van der Waals surface area contributed by atoms with E-state index in [1.165, 1.54) is 12.1 Å². The van der Waals surface area contributed by atoms with Crippen LogP contribution in [0.1, 0.15) is 26.6 Å². The van der Waals surface area contributed by atoms with Gasteiger partial charge in [-0.25, -0.2) is 9.38 Å². The standard InChI is InChI=1S/C18H27FN6O/c1-4-17-24-23-13-25(17)11-10-21-18(20-5-2)22-12-14(3)26-16-8-6-15(19)7-9-16/h6-9,13-14H,4-5,10-12H2,1-3H3,(H2,20,21,22). The average Bonchev–Trinajstić information content (AvgIpc) is 3.09. The van der Waals surface area contributed by atoms with E-state index in [0.29, 0.717) is 18.8 Å². The molecule has 1 atom stereocenters. The molecule has 0 saturated heterocycles. The van der Waals surface area contributed by atoms with Gasteiger partial charge in [0.1, 0.15) is 29.8 Å². The maximum Gasteiger partial charge on any atom is 0.191 e. The van der Waals surface area contributed by atoms with Crippen LogP contribution < -0.4 is 15.4 Å². The first-order valence-electron chi connectivity index (χ1n) is 8.93. The van der Waals surface area contributed by atoms with Crippen molar-refractivity contribution < 1.29 is 9.13 Å². The Kier molecular flexibility index (Phi) is 7.85. The molecule has 7 nitrogen and oxygen atoms in total. The fourth-order valence-corrected chi connectivity index (χ4v) is 2.38. The van der Waals surface area contributed by atoms with E-state index in [4.69, 9.17) is 4.74 Å². The molecule has 1 heterocycles. The second kappa shape index (κ2) is 10.4. The molecular weight excluding hydrogens is 335 g/mol. The summed E-state index contributed by atoms with van der Waals surface area (Å²) >= 11 is 0. The molecular formula is C18H27FN6O. The number of hydrogen-bond donors (Lipinski definition) is 2. The summed E-state index contributed by atoms with van der Waals surface area (Å²) in [4.78, 5) is 4.54. The van der Waals surface area contributed by atoms with E-state index < -0.39 is 0 Å².